The molecule has 6 nitrogen and oxygen atoms in total. The van der Waals surface area contributed by atoms with E-state index in [9.17, 15) is 0 Å². The van der Waals surface area contributed by atoms with Gasteiger partial charge in [0.2, 0.25) is 5.88 Å². The third-order valence-corrected chi connectivity index (χ3v) is 4.23. The molecule has 24 heavy (non-hydrogen) atoms. The Morgan fingerprint density at radius 3 is 2.96 bits per heavy atom. The summed E-state index contributed by atoms with van der Waals surface area (Å²) in [6.07, 6.45) is 6.87. The first kappa shape index (κ1) is 14.8. The molecule has 2 aliphatic heterocycles. The maximum Gasteiger partial charge on any atom is 0.223 e. The van der Waals surface area contributed by atoms with E-state index in [1.165, 1.54) is 0 Å². The van der Waals surface area contributed by atoms with Gasteiger partial charge in [0.05, 0.1) is 36.6 Å². The van der Waals surface area contributed by atoms with E-state index in [0.717, 1.165) is 48.5 Å². The van der Waals surface area contributed by atoms with Gasteiger partial charge in [-0.15, -0.1) is 0 Å². The lowest BCUT2D eigenvalue weighted by molar-refractivity contribution is 0.0236. The number of pyridine rings is 2. The number of aromatic nitrogens is 2. The van der Waals surface area contributed by atoms with E-state index < -0.39 is 0 Å². The molecule has 4 rings (SSSR count). The van der Waals surface area contributed by atoms with Crippen LogP contribution in [0, 0.1) is 11.3 Å². The highest BCUT2D eigenvalue weighted by Crippen LogP contribution is 2.31. The Hall–Kier alpha value is -2.78. The predicted molar refractivity (Wildman–Crippen MR) is 87.0 cm³/mol. The second kappa shape index (κ2) is 6.38. The molecule has 0 atom stereocenters. The number of aliphatic imine (C=N–C) groups is 1. The van der Waals surface area contributed by atoms with Crippen molar-refractivity contribution in [1.29, 1.82) is 5.26 Å². The summed E-state index contributed by atoms with van der Waals surface area (Å²) < 4.78 is 11.5. The van der Waals surface area contributed by atoms with Gasteiger partial charge in [0.1, 0.15) is 12.2 Å². The van der Waals surface area contributed by atoms with Crippen molar-refractivity contribution >= 4 is 5.71 Å². The van der Waals surface area contributed by atoms with Crippen LogP contribution in [0.4, 0.5) is 0 Å². The standard InChI is InChI=1S/C18H16N4O2/c19-8-12-7-14(10-20-9-12)17-16-13(11-22-17)1-4-21-18(16)24-15-2-5-23-6-3-15/h1,4,7,9-10,15H,2-3,5-6,11H2. The quantitative estimate of drug-likeness (QED) is 0.866. The van der Waals surface area contributed by atoms with Crippen molar-refractivity contribution in [3.05, 3.63) is 53.0 Å². The summed E-state index contributed by atoms with van der Waals surface area (Å²) >= 11 is 0. The number of nitrogens with zero attached hydrogens (tertiary/aromatic N) is 4. The molecule has 0 spiro atoms. The van der Waals surface area contributed by atoms with Crippen molar-refractivity contribution in [2.24, 2.45) is 4.99 Å². The van der Waals surface area contributed by atoms with Crippen LogP contribution >= 0.6 is 0 Å². The predicted octanol–water partition coefficient (Wildman–Crippen LogP) is 2.26. The van der Waals surface area contributed by atoms with Crippen LogP contribution in [0.5, 0.6) is 5.88 Å². The highest BCUT2D eigenvalue weighted by Gasteiger charge is 2.26. The second-order valence-corrected chi connectivity index (χ2v) is 5.82. The van der Waals surface area contributed by atoms with Crippen molar-refractivity contribution in [3.8, 4) is 11.9 Å². The fraction of sp³-hybridized carbons (Fsp3) is 0.333. The number of ether oxygens (including phenoxy) is 2. The first-order valence-corrected chi connectivity index (χ1v) is 7.98. The normalized spacial score (nSPS) is 17.0. The van der Waals surface area contributed by atoms with E-state index in [1.807, 2.05) is 6.07 Å². The molecule has 0 N–H and O–H groups in total. The Labute approximate surface area is 139 Å². The van der Waals surface area contributed by atoms with E-state index >= 15 is 0 Å². The highest BCUT2D eigenvalue weighted by atomic mass is 16.5. The van der Waals surface area contributed by atoms with Crippen LogP contribution in [0.2, 0.25) is 0 Å². The van der Waals surface area contributed by atoms with Crippen LogP contribution in [-0.4, -0.2) is 35.0 Å². The fourth-order valence-corrected chi connectivity index (χ4v) is 3.02. The molecule has 0 saturated carbocycles. The molecule has 0 unspecified atom stereocenters. The SMILES string of the molecule is N#Cc1cncc(C2=NCc3ccnc(OC4CCOCC4)c32)c1. The molecule has 2 aromatic heterocycles. The van der Waals surface area contributed by atoms with Crippen molar-refractivity contribution in [2.45, 2.75) is 25.5 Å². The first-order chi connectivity index (χ1) is 11.8. The lowest BCUT2D eigenvalue weighted by Crippen LogP contribution is -2.27. The molecule has 0 aliphatic carbocycles. The molecular weight excluding hydrogens is 304 g/mol. The van der Waals surface area contributed by atoms with Crippen molar-refractivity contribution in [2.75, 3.05) is 13.2 Å². The monoisotopic (exact) mass is 320 g/mol. The van der Waals surface area contributed by atoms with Crippen molar-refractivity contribution < 1.29 is 9.47 Å². The lowest BCUT2D eigenvalue weighted by atomic mass is 10.0. The number of hydrogen-bond acceptors (Lipinski definition) is 6. The van der Waals surface area contributed by atoms with Crippen LogP contribution < -0.4 is 4.74 Å². The van der Waals surface area contributed by atoms with Gasteiger partial charge in [-0.1, -0.05) is 0 Å². The van der Waals surface area contributed by atoms with Crippen molar-refractivity contribution in [1.82, 2.24) is 9.97 Å². The summed E-state index contributed by atoms with van der Waals surface area (Å²) in [6.45, 7) is 2.03. The van der Waals surface area contributed by atoms with E-state index in [2.05, 4.69) is 21.0 Å². The molecule has 0 aromatic carbocycles. The zero-order chi connectivity index (χ0) is 16.4. The molecule has 2 aromatic rings. The minimum atomic E-state index is 0.114. The third-order valence-electron chi connectivity index (χ3n) is 4.23. The van der Waals surface area contributed by atoms with Crippen LogP contribution in [0.3, 0.4) is 0 Å². The Morgan fingerprint density at radius 1 is 1.25 bits per heavy atom. The van der Waals surface area contributed by atoms with E-state index in [0.29, 0.717) is 18.0 Å². The maximum atomic E-state index is 9.09. The van der Waals surface area contributed by atoms with Gasteiger partial charge in [0.25, 0.3) is 0 Å². The molecular formula is C18H16N4O2. The Bertz CT molecular complexity index is 835. The molecule has 4 heterocycles. The molecule has 6 heteroatoms. The lowest BCUT2D eigenvalue weighted by Gasteiger charge is -2.23. The van der Waals surface area contributed by atoms with Crippen molar-refractivity contribution in [3.63, 3.8) is 0 Å². The van der Waals surface area contributed by atoms with Gasteiger partial charge < -0.3 is 9.47 Å². The summed E-state index contributed by atoms with van der Waals surface area (Å²) in [5, 5.41) is 9.09. The van der Waals surface area contributed by atoms with E-state index in [4.69, 9.17) is 14.7 Å². The number of fused-ring (bicyclic) bond motifs is 1. The summed E-state index contributed by atoms with van der Waals surface area (Å²) in [5.74, 6) is 0.609. The topological polar surface area (TPSA) is 80.4 Å². The molecule has 2 aliphatic rings. The van der Waals surface area contributed by atoms with Gasteiger partial charge in [0, 0.05) is 37.0 Å². The van der Waals surface area contributed by atoms with Gasteiger partial charge >= 0.3 is 0 Å². The fourth-order valence-electron chi connectivity index (χ4n) is 3.02. The second-order valence-electron chi connectivity index (χ2n) is 5.82. The van der Waals surface area contributed by atoms with Gasteiger partial charge in [0.15, 0.2) is 0 Å². The van der Waals surface area contributed by atoms with Crippen LogP contribution in [0.15, 0.2) is 35.7 Å². The van der Waals surface area contributed by atoms with Gasteiger partial charge in [-0.05, 0) is 17.7 Å². The maximum absolute atomic E-state index is 9.09. The molecule has 1 fully saturated rings. The summed E-state index contributed by atoms with van der Waals surface area (Å²) in [5.41, 5.74) is 4.13. The smallest absolute Gasteiger partial charge is 0.223 e. The van der Waals surface area contributed by atoms with E-state index in [1.54, 1.807) is 24.7 Å². The van der Waals surface area contributed by atoms with E-state index in [-0.39, 0.29) is 6.10 Å². The first-order valence-electron chi connectivity index (χ1n) is 7.98. The molecule has 1 saturated heterocycles. The Morgan fingerprint density at radius 2 is 2.12 bits per heavy atom. The van der Waals surface area contributed by atoms with Gasteiger partial charge in [-0.2, -0.15) is 5.26 Å². The minimum Gasteiger partial charge on any atom is -0.474 e. The minimum absolute atomic E-state index is 0.114. The van der Waals surface area contributed by atoms with Crippen LogP contribution in [0.1, 0.15) is 35.1 Å². The number of rotatable bonds is 3. The molecule has 0 amide bonds. The van der Waals surface area contributed by atoms with Gasteiger partial charge in [-0.25, -0.2) is 4.98 Å². The summed E-state index contributed by atoms with van der Waals surface area (Å²) in [4.78, 5) is 13.2. The third kappa shape index (κ3) is 2.74. The largest absolute Gasteiger partial charge is 0.474 e. The molecule has 0 bridgehead atoms. The van der Waals surface area contributed by atoms with Crippen LogP contribution in [-0.2, 0) is 11.3 Å². The Balaban J connectivity index is 1.69. The number of hydrogen-bond donors (Lipinski definition) is 0. The average Bonchev–Trinajstić information content (AvgIpc) is 3.08. The van der Waals surface area contributed by atoms with Gasteiger partial charge in [-0.3, -0.25) is 9.98 Å². The zero-order valence-corrected chi connectivity index (χ0v) is 13.1. The zero-order valence-electron chi connectivity index (χ0n) is 13.1. The highest BCUT2D eigenvalue weighted by molar-refractivity contribution is 6.16. The summed E-state index contributed by atoms with van der Waals surface area (Å²) in [7, 11) is 0. The average molecular weight is 320 g/mol. The molecule has 120 valence electrons. The molecule has 0 radical (unpaired) electrons. The number of nitriles is 1. The summed E-state index contributed by atoms with van der Waals surface area (Å²) in [6, 6.07) is 5.88. The Kier molecular flexibility index (Phi) is 3.93. The van der Waals surface area contributed by atoms with Crippen LogP contribution in [0.25, 0.3) is 0 Å².